The second kappa shape index (κ2) is 12.6. The number of halogens is 5. The summed E-state index contributed by atoms with van der Waals surface area (Å²) in [6.45, 7) is 2.21. The van der Waals surface area contributed by atoms with Gasteiger partial charge in [0.15, 0.2) is 23.1 Å². The number of hydrogen-bond acceptors (Lipinski definition) is 5. The fourth-order valence-corrected chi connectivity index (χ4v) is 5.47. The Morgan fingerprint density at radius 1 is 1.00 bits per heavy atom. The van der Waals surface area contributed by atoms with Gasteiger partial charge in [0.2, 0.25) is 5.91 Å². The van der Waals surface area contributed by atoms with Crippen molar-refractivity contribution in [1.82, 2.24) is 10.2 Å². The molecule has 224 valence electrons. The van der Waals surface area contributed by atoms with Gasteiger partial charge in [-0.3, -0.25) is 4.79 Å². The molecule has 2 aliphatic rings. The third-order valence-corrected chi connectivity index (χ3v) is 7.38. The number of ether oxygens (including phenoxy) is 2. The Balaban J connectivity index is 0.000000587. The number of carbonyl (C=O) groups excluding carboxylic acids is 2. The number of alkyl halides is 3. The van der Waals surface area contributed by atoms with Crippen LogP contribution in [0.4, 0.5) is 32.4 Å². The van der Waals surface area contributed by atoms with Gasteiger partial charge in [-0.05, 0) is 55.5 Å². The standard InChI is InChI=1S/C25H29F2N3O4.C2HF3O2/c1-15(31)30-11-10-25(16-4-7-21(33-2)22(12-16)34-3)9-8-18(14-23(25)30)29-24(32)28-17-5-6-19(26)20(27)13-17;3-2(4,5)1(6)7/h4-7,12-13,18,23H,8-11,14H2,1-3H3,(H2,28,29,32);(H,6,7)/t18-,23+,25+;/m1./s1. The second-order valence-electron chi connectivity index (χ2n) is 9.71. The zero-order chi connectivity index (χ0) is 30.5. The number of benzene rings is 2. The van der Waals surface area contributed by atoms with Crippen molar-refractivity contribution in [3.05, 3.63) is 53.6 Å². The molecule has 3 amide bonds. The molecule has 1 aliphatic carbocycles. The number of carbonyl (C=O) groups is 3. The molecule has 3 N–H and O–H groups in total. The first-order valence-corrected chi connectivity index (χ1v) is 12.5. The highest BCUT2D eigenvalue weighted by Crippen LogP contribution is 2.50. The van der Waals surface area contributed by atoms with Crippen LogP contribution in [-0.2, 0) is 15.0 Å². The number of urea groups is 1. The van der Waals surface area contributed by atoms with Gasteiger partial charge < -0.3 is 30.1 Å². The molecule has 1 aliphatic heterocycles. The molecule has 14 heteroatoms. The van der Waals surface area contributed by atoms with Crippen molar-refractivity contribution in [2.24, 2.45) is 0 Å². The highest BCUT2D eigenvalue weighted by molar-refractivity contribution is 5.89. The molecular weight excluding hydrogens is 557 g/mol. The molecule has 0 unspecified atom stereocenters. The third kappa shape index (κ3) is 7.16. The SMILES string of the molecule is COc1ccc([C@@]23CC[C@@H](NC(=O)Nc4ccc(F)c(F)c4)C[C@@H]2N(C(C)=O)CC3)cc1OC.O=C(O)C(F)(F)F. The maximum atomic E-state index is 13.5. The normalized spacial score (nSPS) is 21.6. The average molecular weight is 588 g/mol. The highest BCUT2D eigenvalue weighted by Gasteiger charge is 2.52. The van der Waals surface area contributed by atoms with Crippen molar-refractivity contribution in [2.45, 2.75) is 56.3 Å². The summed E-state index contributed by atoms with van der Waals surface area (Å²) in [5.41, 5.74) is 1.00. The zero-order valence-electron chi connectivity index (χ0n) is 22.5. The summed E-state index contributed by atoms with van der Waals surface area (Å²) in [4.78, 5) is 35.8. The first-order valence-electron chi connectivity index (χ1n) is 12.5. The lowest BCUT2D eigenvalue weighted by molar-refractivity contribution is -0.192. The predicted octanol–water partition coefficient (Wildman–Crippen LogP) is 4.85. The summed E-state index contributed by atoms with van der Waals surface area (Å²) in [6, 6.07) is 8.33. The summed E-state index contributed by atoms with van der Waals surface area (Å²) in [6.07, 6.45) is -2.20. The number of methoxy groups -OCH3 is 2. The maximum Gasteiger partial charge on any atom is 0.490 e. The minimum Gasteiger partial charge on any atom is -0.493 e. The molecule has 1 saturated heterocycles. The second-order valence-corrected chi connectivity index (χ2v) is 9.71. The number of hydrogen-bond donors (Lipinski definition) is 3. The maximum absolute atomic E-state index is 13.5. The molecule has 0 spiro atoms. The molecule has 0 aromatic heterocycles. The Morgan fingerprint density at radius 3 is 2.22 bits per heavy atom. The van der Waals surface area contributed by atoms with E-state index in [-0.39, 0.29) is 29.1 Å². The lowest BCUT2D eigenvalue weighted by atomic mass is 9.65. The number of nitrogens with one attached hydrogen (secondary N) is 2. The fourth-order valence-electron chi connectivity index (χ4n) is 5.47. The van der Waals surface area contributed by atoms with Gasteiger partial charge in [-0.25, -0.2) is 18.4 Å². The Morgan fingerprint density at radius 2 is 1.66 bits per heavy atom. The topological polar surface area (TPSA) is 117 Å². The number of carboxylic acid groups (broad SMARTS) is 1. The smallest absolute Gasteiger partial charge is 0.490 e. The van der Waals surface area contributed by atoms with Gasteiger partial charge in [0.25, 0.3) is 0 Å². The van der Waals surface area contributed by atoms with Crippen LogP contribution in [0, 0.1) is 11.6 Å². The zero-order valence-corrected chi connectivity index (χ0v) is 22.5. The molecule has 2 aromatic carbocycles. The van der Waals surface area contributed by atoms with Gasteiger partial charge >= 0.3 is 18.2 Å². The molecule has 4 rings (SSSR count). The number of nitrogens with zero attached hydrogens (tertiary/aromatic N) is 1. The Labute approximate surface area is 232 Å². The van der Waals surface area contributed by atoms with Crippen molar-refractivity contribution in [2.75, 3.05) is 26.1 Å². The minimum absolute atomic E-state index is 0.000703. The molecule has 1 saturated carbocycles. The number of fused-ring (bicyclic) bond motifs is 1. The summed E-state index contributed by atoms with van der Waals surface area (Å²) >= 11 is 0. The summed E-state index contributed by atoms with van der Waals surface area (Å²) in [7, 11) is 3.19. The van der Waals surface area contributed by atoms with E-state index in [1.165, 1.54) is 6.07 Å². The largest absolute Gasteiger partial charge is 0.493 e. The van der Waals surface area contributed by atoms with Crippen molar-refractivity contribution in [3.8, 4) is 11.5 Å². The Bertz CT molecular complexity index is 1290. The van der Waals surface area contributed by atoms with E-state index < -0.39 is 29.8 Å². The monoisotopic (exact) mass is 587 g/mol. The molecule has 0 radical (unpaired) electrons. The summed E-state index contributed by atoms with van der Waals surface area (Å²) in [5, 5.41) is 12.6. The van der Waals surface area contributed by atoms with E-state index in [1.54, 1.807) is 21.1 Å². The van der Waals surface area contributed by atoms with Crippen molar-refractivity contribution < 1.29 is 50.9 Å². The summed E-state index contributed by atoms with van der Waals surface area (Å²) < 4.78 is 69.2. The molecule has 2 aromatic rings. The van der Waals surface area contributed by atoms with E-state index in [2.05, 4.69) is 10.6 Å². The van der Waals surface area contributed by atoms with Crippen LogP contribution in [0.15, 0.2) is 36.4 Å². The number of rotatable bonds is 5. The van der Waals surface area contributed by atoms with Crippen LogP contribution >= 0.6 is 0 Å². The molecule has 2 fully saturated rings. The highest BCUT2D eigenvalue weighted by atomic mass is 19.4. The van der Waals surface area contributed by atoms with Gasteiger partial charge in [0.05, 0.1) is 14.2 Å². The van der Waals surface area contributed by atoms with Gasteiger partial charge in [-0.1, -0.05) is 6.07 Å². The van der Waals surface area contributed by atoms with Gasteiger partial charge in [-0.2, -0.15) is 13.2 Å². The average Bonchev–Trinajstić information content (AvgIpc) is 3.30. The molecule has 9 nitrogen and oxygen atoms in total. The van der Waals surface area contributed by atoms with Crippen LogP contribution < -0.4 is 20.1 Å². The summed E-state index contributed by atoms with van der Waals surface area (Å²) in [5.74, 6) is -3.48. The van der Waals surface area contributed by atoms with E-state index in [0.717, 1.165) is 30.5 Å². The van der Waals surface area contributed by atoms with Gasteiger partial charge in [0.1, 0.15) is 0 Å². The van der Waals surface area contributed by atoms with Crippen LogP contribution in [0.3, 0.4) is 0 Å². The number of carboxylic acids is 1. The van der Waals surface area contributed by atoms with Crippen LogP contribution in [-0.4, -0.2) is 66.9 Å². The number of anilines is 1. The van der Waals surface area contributed by atoms with E-state index in [4.69, 9.17) is 19.4 Å². The van der Waals surface area contributed by atoms with Crippen LogP contribution in [0.25, 0.3) is 0 Å². The third-order valence-electron chi connectivity index (χ3n) is 7.38. The molecule has 41 heavy (non-hydrogen) atoms. The van der Waals surface area contributed by atoms with E-state index >= 15 is 0 Å². The number of likely N-dealkylation sites (tertiary alicyclic amines) is 1. The Kier molecular flexibility index (Phi) is 9.66. The van der Waals surface area contributed by atoms with Gasteiger partial charge in [0, 0.05) is 42.7 Å². The molecular formula is C27H30F5N3O6. The van der Waals surface area contributed by atoms with Crippen LogP contribution in [0.2, 0.25) is 0 Å². The van der Waals surface area contributed by atoms with E-state index in [0.29, 0.717) is 30.9 Å². The van der Waals surface area contributed by atoms with Gasteiger partial charge in [-0.15, -0.1) is 0 Å². The fraction of sp³-hybridized carbons (Fsp3) is 0.444. The lowest BCUT2D eigenvalue weighted by Crippen LogP contribution is -2.53. The van der Waals surface area contributed by atoms with Crippen LogP contribution in [0.1, 0.15) is 38.2 Å². The van der Waals surface area contributed by atoms with Crippen molar-refractivity contribution >= 4 is 23.6 Å². The van der Waals surface area contributed by atoms with Crippen molar-refractivity contribution in [3.63, 3.8) is 0 Å². The van der Waals surface area contributed by atoms with E-state index in [1.807, 2.05) is 23.1 Å². The predicted molar refractivity (Wildman–Crippen MR) is 137 cm³/mol. The minimum atomic E-state index is -5.08. The van der Waals surface area contributed by atoms with Crippen molar-refractivity contribution in [1.29, 1.82) is 0 Å². The molecule has 0 bridgehead atoms. The Hall–Kier alpha value is -4.10. The lowest BCUT2D eigenvalue weighted by Gasteiger charge is -2.45. The first-order chi connectivity index (χ1) is 19.2. The van der Waals surface area contributed by atoms with Crippen LogP contribution in [0.5, 0.6) is 11.5 Å². The molecule has 3 atom stereocenters. The van der Waals surface area contributed by atoms with E-state index in [9.17, 15) is 31.5 Å². The molecule has 1 heterocycles. The first kappa shape index (κ1) is 31.4. The number of amides is 3. The quantitative estimate of drug-likeness (QED) is 0.431. The number of aliphatic carboxylic acids is 1.